The number of aliphatic hydroxyl groups excluding tert-OH is 1. The van der Waals surface area contributed by atoms with Crippen molar-refractivity contribution < 1.29 is 52.2 Å². The van der Waals surface area contributed by atoms with Gasteiger partial charge in [-0.15, -0.1) is 0 Å². The number of phosphoric acid groups is 1. The lowest BCUT2D eigenvalue weighted by Gasteiger charge is -2.21. The summed E-state index contributed by atoms with van der Waals surface area (Å²) in [6.07, 6.45) is 63.4. The molecule has 444 valence electrons. The van der Waals surface area contributed by atoms with Crippen LogP contribution < -0.4 is 0 Å². The summed E-state index contributed by atoms with van der Waals surface area (Å²) >= 11 is 0. The Morgan fingerprint density at radius 1 is 0.368 bits per heavy atom. The number of hydrogen-bond acceptors (Lipinski definition) is 10. The van der Waals surface area contributed by atoms with Gasteiger partial charge in [0.25, 0.3) is 0 Å². The van der Waals surface area contributed by atoms with Gasteiger partial charge in [0.2, 0.25) is 0 Å². The molecule has 0 saturated heterocycles. The van der Waals surface area contributed by atoms with Gasteiger partial charge in [-0.2, -0.15) is 0 Å². The summed E-state index contributed by atoms with van der Waals surface area (Å²) in [5, 5.41) is 9.84. The highest BCUT2D eigenvalue weighted by atomic mass is 31.2. The summed E-state index contributed by atoms with van der Waals surface area (Å²) < 4.78 is 39.6. The van der Waals surface area contributed by atoms with Crippen molar-refractivity contribution in [3.8, 4) is 0 Å². The predicted molar refractivity (Wildman–Crippen MR) is 316 cm³/mol. The average molecular weight is 1090 g/mol. The summed E-state index contributed by atoms with van der Waals surface area (Å²) in [7, 11) is -4.75. The molecule has 0 fully saturated rings. The van der Waals surface area contributed by atoms with E-state index < -0.39 is 57.8 Å². The summed E-state index contributed by atoms with van der Waals surface area (Å²) in [6, 6.07) is 0. The lowest BCUT2D eigenvalue weighted by Crippen LogP contribution is -2.30. The summed E-state index contributed by atoms with van der Waals surface area (Å²) in [5.41, 5.74) is 0. The van der Waals surface area contributed by atoms with E-state index in [1.165, 1.54) is 148 Å². The molecule has 0 radical (unpaired) electrons. The van der Waals surface area contributed by atoms with Crippen LogP contribution >= 0.6 is 7.82 Å². The van der Waals surface area contributed by atoms with E-state index in [-0.39, 0.29) is 25.9 Å². The Kier molecular flexibility index (Phi) is 56.6. The molecule has 3 atom stereocenters. The minimum Gasteiger partial charge on any atom is -0.462 e. The van der Waals surface area contributed by atoms with Gasteiger partial charge < -0.3 is 24.2 Å². The molecular weight excluding hydrogens is 976 g/mol. The number of hydrogen-bond donors (Lipinski definition) is 2. The van der Waals surface area contributed by atoms with E-state index in [0.29, 0.717) is 19.3 Å². The third-order valence-electron chi connectivity index (χ3n) is 13.7. The van der Waals surface area contributed by atoms with Crippen molar-refractivity contribution in [1.82, 2.24) is 0 Å². The molecule has 0 heterocycles. The van der Waals surface area contributed by atoms with Crippen LogP contribution in [0.1, 0.15) is 303 Å². The van der Waals surface area contributed by atoms with Crippen molar-refractivity contribution in [3.63, 3.8) is 0 Å². The zero-order valence-corrected chi connectivity index (χ0v) is 50.1. The maximum atomic E-state index is 12.9. The van der Waals surface area contributed by atoms with Crippen LogP contribution in [-0.2, 0) is 42.2 Å². The monoisotopic (exact) mass is 1090 g/mol. The largest absolute Gasteiger partial charge is 0.472 e. The minimum atomic E-state index is -4.75. The summed E-state index contributed by atoms with van der Waals surface area (Å²) in [4.78, 5) is 48.7. The molecule has 0 aliphatic rings. The molecule has 0 amide bonds. The first-order valence-electron chi connectivity index (χ1n) is 31.5. The van der Waals surface area contributed by atoms with Crippen molar-refractivity contribution in [2.24, 2.45) is 0 Å². The number of carbonyl (C=O) groups is 3. The van der Waals surface area contributed by atoms with Gasteiger partial charge in [0.05, 0.1) is 19.8 Å². The molecule has 0 aromatic carbocycles. The van der Waals surface area contributed by atoms with Gasteiger partial charge in [0.1, 0.15) is 12.7 Å². The molecular formula is C64H117O11P. The van der Waals surface area contributed by atoms with E-state index in [1.807, 2.05) is 0 Å². The van der Waals surface area contributed by atoms with E-state index in [0.717, 1.165) is 96.3 Å². The fourth-order valence-electron chi connectivity index (χ4n) is 8.85. The molecule has 0 aromatic heterocycles. The molecule has 3 unspecified atom stereocenters. The van der Waals surface area contributed by atoms with Crippen LogP contribution in [0.4, 0.5) is 0 Å². The van der Waals surface area contributed by atoms with Crippen molar-refractivity contribution >= 4 is 25.7 Å². The molecule has 0 aliphatic heterocycles. The molecule has 0 aliphatic carbocycles. The van der Waals surface area contributed by atoms with Gasteiger partial charge in [0, 0.05) is 19.3 Å². The minimum absolute atomic E-state index is 0.161. The Labute approximate surface area is 466 Å². The fourth-order valence-corrected chi connectivity index (χ4v) is 9.63. The Bertz CT molecular complexity index is 1460. The van der Waals surface area contributed by atoms with Gasteiger partial charge in [-0.1, -0.05) is 230 Å². The van der Waals surface area contributed by atoms with E-state index in [9.17, 15) is 28.9 Å². The molecule has 0 bridgehead atoms. The number of esters is 3. The van der Waals surface area contributed by atoms with E-state index in [1.54, 1.807) is 0 Å². The van der Waals surface area contributed by atoms with Crippen molar-refractivity contribution in [1.29, 1.82) is 0 Å². The van der Waals surface area contributed by atoms with E-state index in [4.69, 9.17) is 23.3 Å². The third-order valence-corrected chi connectivity index (χ3v) is 14.6. The molecule has 0 rings (SSSR count). The van der Waals surface area contributed by atoms with Gasteiger partial charge >= 0.3 is 25.7 Å². The van der Waals surface area contributed by atoms with Gasteiger partial charge in [0.15, 0.2) is 6.10 Å². The lowest BCUT2D eigenvalue weighted by molar-refractivity contribution is -0.161. The van der Waals surface area contributed by atoms with Crippen LogP contribution in [0.25, 0.3) is 0 Å². The van der Waals surface area contributed by atoms with Crippen LogP contribution in [0.2, 0.25) is 0 Å². The van der Waals surface area contributed by atoms with Crippen LogP contribution in [0, 0.1) is 0 Å². The van der Waals surface area contributed by atoms with E-state index in [2.05, 4.69) is 69.4 Å². The van der Waals surface area contributed by atoms with Crippen molar-refractivity contribution in [2.45, 2.75) is 315 Å². The lowest BCUT2D eigenvalue weighted by atomic mass is 10.1. The number of ether oxygens (including phenoxy) is 3. The number of aliphatic hydroxyl groups is 1. The first-order chi connectivity index (χ1) is 37.2. The topological polar surface area (TPSA) is 155 Å². The zero-order chi connectivity index (χ0) is 55.5. The van der Waals surface area contributed by atoms with Crippen LogP contribution in [-0.4, -0.2) is 66.5 Å². The first-order valence-corrected chi connectivity index (χ1v) is 33.0. The van der Waals surface area contributed by atoms with E-state index >= 15 is 0 Å². The Balaban J connectivity index is 4.69. The van der Waals surface area contributed by atoms with Crippen molar-refractivity contribution in [3.05, 3.63) is 48.6 Å². The second-order valence-electron chi connectivity index (χ2n) is 21.2. The average Bonchev–Trinajstić information content (AvgIpc) is 3.41. The molecule has 0 saturated carbocycles. The Hall–Kier alpha value is -2.56. The highest BCUT2D eigenvalue weighted by Gasteiger charge is 2.28. The second kappa shape index (κ2) is 58.6. The molecule has 76 heavy (non-hydrogen) atoms. The number of allylic oxidation sites excluding steroid dienone is 8. The number of unbranched alkanes of at least 4 members (excludes halogenated alkanes) is 34. The Morgan fingerprint density at radius 3 is 1.01 bits per heavy atom. The summed E-state index contributed by atoms with van der Waals surface area (Å²) in [5.74, 6) is -1.47. The molecule has 12 heteroatoms. The normalized spacial score (nSPS) is 13.6. The SMILES string of the molecule is CCCCC/C=C\C/C=C\CCCCCCCC(=O)OCC(COP(=O)(O)OCC(CO)OC(=O)CCCCCCCCC/C=C\CCCCCCCC)OC(=O)CCCCCCCCC/C=C\CCCCCCCC. The Morgan fingerprint density at radius 2 is 0.645 bits per heavy atom. The maximum absolute atomic E-state index is 12.9. The second-order valence-corrected chi connectivity index (χ2v) is 22.7. The maximum Gasteiger partial charge on any atom is 0.472 e. The van der Waals surface area contributed by atoms with Gasteiger partial charge in [-0.05, 0) is 103 Å². The predicted octanol–water partition coefficient (Wildman–Crippen LogP) is 18.9. The van der Waals surface area contributed by atoms with Gasteiger partial charge in [-0.25, -0.2) is 4.57 Å². The van der Waals surface area contributed by atoms with Crippen LogP contribution in [0.15, 0.2) is 48.6 Å². The van der Waals surface area contributed by atoms with Crippen LogP contribution in [0.3, 0.4) is 0 Å². The highest BCUT2D eigenvalue weighted by Crippen LogP contribution is 2.43. The standard InChI is InChI=1S/C64H117O11P/c1-4-7-10-13-16-19-22-25-28-30-33-36-39-42-45-48-51-54-63(67)74-60(56-65)58-72-76(69,70)73-59-61(57-71-62(66)53-50-47-44-41-38-35-32-27-24-21-18-15-12-9-6-3)75-64(68)55-52-49-46-43-40-37-34-31-29-26-23-20-17-14-11-8-5-2/h18,21,25-29,32,60-61,65H,4-17,19-20,22-24,30-31,33-59H2,1-3H3,(H,69,70)/b21-18-,28-25-,29-26-,32-27-. The quantitative estimate of drug-likeness (QED) is 0.0197. The molecule has 0 spiro atoms. The highest BCUT2D eigenvalue weighted by molar-refractivity contribution is 7.47. The number of phosphoric ester groups is 1. The number of rotatable bonds is 59. The molecule has 11 nitrogen and oxygen atoms in total. The molecule has 0 aromatic rings. The fraction of sp³-hybridized carbons (Fsp3) is 0.828. The van der Waals surface area contributed by atoms with Crippen molar-refractivity contribution in [2.75, 3.05) is 26.4 Å². The zero-order valence-electron chi connectivity index (χ0n) is 49.2. The first kappa shape index (κ1) is 73.4. The smallest absolute Gasteiger partial charge is 0.462 e. The summed E-state index contributed by atoms with van der Waals surface area (Å²) in [6.45, 7) is 4.63. The van der Waals surface area contributed by atoms with Crippen LogP contribution in [0.5, 0.6) is 0 Å². The third kappa shape index (κ3) is 56.2. The number of carbonyl (C=O) groups excluding carboxylic acids is 3. The molecule has 2 N–H and O–H groups in total. The van der Waals surface area contributed by atoms with Gasteiger partial charge in [-0.3, -0.25) is 23.4 Å².